The molecule has 0 aliphatic carbocycles. The fourth-order valence-corrected chi connectivity index (χ4v) is 2.68. The maximum absolute atomic E-state index is 12.6. The lowest BCUT2D eigenvalue weighted by Crippen LogP contribution is -2.50. The molecule has 3 heterocycles. The molecule has 1 fully saturated rings. The van der Waals surface area contributed by atoms with E-state index in [-0.39, 0.29) is 12.0 Å². The number of aromatic nitrogens is 2. The van der Waals surface area contributed by atoms with E-state index in [0.717, 1.165) is 11.4 Å². The summed E-state index contributed by atoms with van der Waals surface area (Å²) in [5.41, 5.74) is 2.03. The van der Waals surface area contributed by atoms with Crippen LogP contribution in [0.1, 0.15) is 17.3 Å². The Morgan fingerprint density at radius 1 is 1.00 bits per heavy atom. The summed E-state index contributed by atoms with van der Waals surface area (Å²) in [6, 6.07) is 9.17. The minimum atomic E-state index is -0.323. The van der Waals surface area contributed by atoms with E-state index in [0.29, 0.717) is 38.3 Å². The summed E-state index contributed by atoms with van der Waals surface area (Å²) in [4.78, 5) is 36.2. The van der Waals surface area contributed by atoms with Gasteiger partial charge in [0, 0.05) is 38.6 Å². The monoisotopic (exact) mass is 340 g/mol. The molecule has 7 nitrogen and oxygen atoms in total. The van der Waals surface area contributed by atoms with Crippen LogP contribution in [0.2, 0.25) is 0 Å². The lowest BCUT2D eigenvalue weighted by Gasteiger charge is -2.34. The van der Waals surface area contributed by atoms with Gasteiger partial charge in [0.25, 0.3) is 5.91 Å². The van der Waals surface area contributed by atoms with E-state index in [1.807, 2.05) is 18.2 Å². The van der Waals surface area contributed by atoms with Crippen molar-refractivity contribution in [2.75, 3.05) is 32.8 Å². The molecule has 0 bridgehead atoms. The molecule has 1 saturated heterocycles. The van der Waals surface area contributed by atoms with Crippen molar-refractivity contribution in [2.45, 2.75) is 6.92 Å². The third-order valence-electron chi connectivity index (χ3n) is 4.03. The second kappa shape index (κ2) is 7.74. The van der Waals surface area contributed by atoms with Crippen LogP contribution < -0.4 is 0 Å². The van der Waals surface area contributed by atoms with Crippen LogP contribution in [0.25, 0.3) is 11.4 Å². The molecule has 0 unspecified atom stereocenters. The second-order valence-corrected chi connectivity index (χ2v) is 5.63. The van der Waals surface area contributed by atoms with Gasteiger partial charge in [-0.15, -0.1) is 0 Å². The summed E-state index contributed by atoms with van der Waals surface area (Å²) in [5, 5.41) is 0. The van der Waals surface area contributed by atoms with E-state index in [2.05, 4.69) is 9.97 Å². The first-order valence-corrected chi connectivity index (χ1v) is 8.27. The SMILES string of the molecule is CCOC(=O)N1CCN(C(=O)c2ccc(-c3ccccn3)nc2)CC1. The van der Waals surface area contributed by atoms with Gasteiger partial charge < -0.3 is 14.5 Å². The Hall–Kier alpha value is -2.96. The third kappa shape index (κ3) is 3.93. The maximum atomic E-state index is 12.6. The van der Waals surface area contributed by atoms with Gasteiger partial charge in [-0.1, -0.05) is 6.07 Å². The van der Waals surface area contributed by atoms with Crippen LogP contribution in [0.3, 0.4) is 0 Å². The van der Waals surface area contributed by atoms with Gasteiger partial charge in [-0.3, -0.25) is 14.8 Å². The number of carbonyl (C=O) groups excluding carboxylic acids is 2. The Kier molecular flexibility index (Phi) is 5.23. The molecule has 0 aromatic carbocycles. The Balaban J connectivity index is 1.61. The van der Waals surface area contributed by atoms with E-state index in [4.69, 9.17) is 4.74 Å². The fourth-order valence-electron chi connectivity index (χ4n) is 2.68. The van der Waals surface area contributed by atoms with E-state index >= 15 is 0 Å². The highest BCUT2D eigenvalue weighted by molar-refractivity contribution is 5.94. The summed E-state index contributed by atoms with van der Waals surface area (Å²) in [5.74, 6) is -0.0800. The Morgan fingerprint density at radius 3 is 2.32 bits per heavy atom. The summed E-state index contributed by atoms with van der Waals surface area (Å²) in [7, 11) is 0. The summed E-state index contributed by atoms with van der Waals surface area (Å²) >= 11 is 0. The number of amides is 2. The number of nitrogens with zero attached hydrogens (tertiary/aromatic N) is 4. The van der Waals surface area contributed by atoms with Gasteiger partial charge in [-0.2, -0.15) is 0 Å². The van der Waals surface area contributed by atoms with Crippen molar-refractivity contribution in [3.05, 3.63) is 48.3 Å². The van der Waals surface area contributed by atoms with Gasteiger partial charge in [0.05, 0.1) is 23.6 Å². The number of hydrogen-bond donors (Lipinski definition) is 0. The molecule has 2 aromatic rings. The predicted molar refractivity (Wildman–Crippen MR) is 92.0 cm³/mol. The first-order chi connectivity index (χ1) is 12.2. The van der Waals surface area contributed by atoms with Crippen LogP contribution in [0.4, 0.5) is 4.79 Å². The summed E-state index contributed by atoms with van der Waals surface area (Å²) < 4.78 is 4.98. The molecule has 2 amide bonds. The van der Waals surface area contributed by atoms with Crippen molar-refractivity contribution in [1.29, 1.82) is 0 Å². The van der Waals surface area contributed by atoms with E-state index in [9.17, 15) is 9.59 Å². The zero-order chi connectivity index (χ0) is 17.6. The normalized spacial score (nSPS) is 14.3. The minimum absolute atomic E-state index is 0.0800. The largest absolute Gasteiger partial charge is 0.450 e. The topological polar surface area (TPSA) is 75.6 Å². The van der Waals surface area contributed by atoms with Gasteiger partial charge in [0.2, 0.25) is 0 Å². The molecule has 0 N–H and O–H groups in total. The molecule has 7 heteroatoms. The number of ether oxygens (including phenoxy) is 1. The Bertz CT molecular complexity index is 726. The van der Waals surface area contributed by atoms with E-state index in [1.165, 1.54) is 0 Å². The Labute approximate surface area is 146 Å². The first kappa shape index (κ1) is 16.9. The van der Waals surface area contributed by atoms with E-state index < -0.39 is 0 Å². The third-order valence-corrected chi connectivity index (χ3v) is 4.03. The molecule has 0 atom stereocenters. The van der Waals surface area contributed by atoms with E-state index in [1.54, 1.807) is 41.2 Å². The predicted octanol–water partition coefficient (Wildman–Crippen LogP) is 2.06. The molecule has 0 radical (unpaired) electrons. The van der Waals surface area contributed by atoms with Crippen LogP contribution >= 0.6 is 0 Å². The highest BCUT2D eigenvalue weighted by Crippen LogP contribution is 2.15. The lowest BCUT2D eigenvalue weighted by atomic mass is 10.2. The molecule has 2 aromatic heterocycles. The van der Waals surface area contributed by atoms with Gasteiger partial charge >= 0.3 is 6.09 Å². The number of carbonyl (C=O) groups is 2. The number of piperazine rings is 1. The molecule has 0 spiro atoms. The Morgan fingerprint density at radius 2 is 1.72 bits per heavy atom. The standard InChI is InChI=1S/C18H20N4O3/c1-2-25-18(24)22-11-9-21(10-12-22)17(23)14-6-7-16(20-13-14)15-5-3-4-8-19-15/h3-8,13H,2,9-12H2,1H3. The average Bonchev–Trinajstić information content (AvgIpc) is 2.68. The minimum Gasteiger partial charge on any atom is -0.450 e. The van der Waals surface area contributed by atoms with Crippen molar-refractivity contribution < 1.29 is 14.3 Å². The molecular weight excluding hydrogens is 320 g/mol. The van der Waals surface area contributed by atoms with Crippen molar-refractivity contribution in [2.24, 2.45) is 0 Å². The number of pyridine rings is 2. The average molecular weight is 340 g/mol. The molecular formula is C18H20N4O3. The summed E-state index contributed by atoms with van der Waals surface area (Å²) in [6.45, 7) is 4.05. The lowest BCUT2D eigenvalue weighted by molar-refractivity contribution is 0.0570. The van der Waals surface area contributed by atoms with Crippen LogP contribution in [-0.2, 0) is 4.74 Å². The maximum Gasteiger partial charge on any atom is 0.409 e. The smallest absolute Gasteiger partial charge is 0.409 e. The van der Waals surface area contributed by atoms with Crippen LogP contribution in [0, 0.1) is 0 Å². The molecule has 0 saturated carbocycles. The van der Waals surface area contributed by atoms with Gasteiger partial charge in [0.15, 0.2) is 0 Å². The van der Waals surface area contributed by atoms with Gasteiger partial charge in [0.1, 0.15) is 0 Å². The second-order valence-electron chi connectivity index (χ2n) is 5.63. The van der Waals surface area contributed by atoms with Gasteiger partial charge in [-0.05, 0) is 31.2 Å². The van der Waals surface area contributed by atoms with Crippen LogP contribution in [0.5, 0.6) is 0 Å². The number of rotatable bonds is 3. The van der Waals surface area contributed by atoms with Crippen molar-refractivity contribution in [1.82, 2.24) is 19.8 Å². The highest BCUT2D eigenvalue weighted by atomic mass is 16.6. The van der Waals surface area contributed by atoms with Crippen LogP contribution in [0.15, 0.2) is 42.7 Å². The molecule has 1 aliphatic rings. The molecule has 130 valence electrons. The molecule has 25 heavy (non-hydrogen) atoms. The fraction of sp³-hybridized carbons (Fsp3) is 0.333. The van der Waals surface area contributed by atoms with Crippen molar-refractivity contribution >= 4 is 12.0 Å². The first-order valence-electron chi connectivity index (χ1n) is 8.27. The van der Waals surface area contributed by atoms with Gasteiger partial charge in [-0.25, -0.2) is 4.79 Å². The van der Waals surface area contributed by atoms with Crippen molar-refractivity contribution in [3.8, 4) is 11.4 Å². The quantitative estimate of drug-likeness (QED) is 0.855. The molecule has 1 aliphatic heterocycles. The van der Waals surface area contributed by atoms with Crippen molar-refractivity contribution in [3.63, 3.8) is 0 Å². The summed E-state index contributed by atoms with van der Waals surface area (Å²) in [6.07, 6.45) is 2.96. The van der Waals surface area contributed by atoms with Crippen LogP contribution in [-0.4, -0.2) is 64.6 Å². The molecule has 3 rings (SSSR count). The number of hydrogen-bond acceptors (Lipinski definition) is 5. The highest BCUT2D eigenvalue weighted by Gasteiger charge is 2.25. The zero-order valence-electron chi connectivity index (χ0n) is 14.1. The zero-order valence-corrected chi connectivity index (χ0v) is 14.1.